The molecule has 6 heteroatoms. The molecule has 1 atom stereocenters. The number of likely N-dealkylation sites (tertiary alicyclic amines) is 1. The molecule has 1 N–H and O–H groups in total. The molecule has 0 saturated carbocycles. The molecule has 156 valence electrons. The van der Waals surface area contributed by atoms with Gasteiger partial charge < -0.3 is 9.84 Å². The summed E-state index contributed by atoms with van der Waals surface area (Å²) >= 11 is 6.46. The Balaban J connectivity index is 1.48. The van der Waals surface area contributed by atoms with E-state index in [4.69, 9.17) is 21.4 Å². The van der Waals surface area contributed by atoms with Crippen molar-refractivity contribution in [1.29, 1.82) is 0 Å². The molecule has 1 saturated heterocycles. The van der Waals surface area contributed by atoms with Gasteiger partial charge in [-0.2, -0.15) is 0 Å². The zero-order chi connectivity index (χ0) is 20.8. The first-order valence-corrected chi connectivity index (χ1v) is 10.7. The van der Waals surface area contributed by atoms with Crippen LogP contribution in [0.5, 0.6) is 5.75 Å². The minimum absolute atomic E-state index is 0.0239. The first kappa shape index (κ1) is 20.8. The molecular weight excluding hydrogens is 398 g/mol. The second-order valence-electron chi connectivity index (χ2n) is 7.59. The van der Waals surface area contributed by atoms with E-state index in [-0.39, 0.29) is 6.61 Å². The molecule has 1 aliphatic heterocycles. The lowest BCUT2D eigenvalue weighted by Gasteiger charge is -2.33. The highest BCUT2D eigenvalue weighted by Gasteiger charge is 2.25. The molecule has 2 heterocycles. The summed E-state index contributed by atoms with van der Waals surface area (Å²) in [5.41, 5.74) is 4.35. The second kappa shape index (κ2) is 10.0. The molecule has 0 bridgehead atoms. The first-order valence-electron chi connectivity index (χ1n) is 10.3. The summed E-state index contributed by atoms with van der Waals surface area (Å²) in [4.78, 5) is 11.4. The number of aromatic nitrogens is 2. The van der Waals surface area contributed by atoms with Gasteiger partial charge in [-0.15, -0.1) is 0 Å². The first-order chi connectivity index (χ1) is 14.7. The number of aliphatic hydroxyl groups is 1. The molecule has 0 aliphatic carbocycles. The Morgan fingerprint density at radius 3 is 2.73 bits per heavy atom. The Hall–Kier alpha value is -2.47. The molecule has 30 heavy (non-hydrogen) atoms. The number of ether oxygens (including phenoxy) is 1. The van der Waals surface area contributed by atoms with E-state index >= 15 is 0 Å². The molecule has 3 aromatic rings. The van der Waals surface area contributed by atoms with Crippen LogP contribution in [-0.4, -0.2) is 46.3 Å². The average Bonchev–Trinajstić information content (AvgIpc) is 2.79. The summed E-state index contributed by atoms with van der Waals surface area (Å²) in [5, 5.41) is 9.60. The lowest BCUT2D eigenvalue weighted by molar-refractivity contribution is 0.197. The van der Waals surface area contributed by atoms with Crippen molar-refractivity contribution in [1.82, 2.24) is 14.9 Å². The molecule has 2 aromatic carbocycles. The zero-order valence-corrected chi connectivity index (χ0v) is 17.6. The van der Waals surface area contributed by atoms with Crippen LogP contribution in [0, 0.1) is 0 Å². The topological polar surface area (TPSA) is 58.5 Å². The monoisotopic (exact) mass is 423 g/mol. The van der Waals surface area contributed by atoms with Crippen molar-refractivity contribution in [3.05, 3.63) is 77.3 Å². The van der Waals surface area contributed by atoms with Crippen LogP contribution in [0.4, 0.5) is 0 Å². The van der Waals surface area contributed by atoms with Crippen molar-refractivity contribution in [2.45, 2.75) is 25.3 Å². The predicted molar refractivity (Wildman–Crippen MR) is 119 cm³/mol. The van der Waals surface area contributed by atoms with Gasteiger partial charge in [-0.3, -0.25) is 4.90 Å². The number of piperidine rings is 1. The van der Waals surface area contributed by atoms with E-state index in [1.165, 1.54) is 5.56 Å². The minimum atomic E-state index is 0.0239. The lowest BCUT2D eigenvalue weighted by Crippen LogP contribution is -2.34. The highest BCUT2D eigenvalue weighted by Crippen LogP contribution is 2.35. The number of hydrogen-bond donors (Lipinski definition) is 1. The SMILES string of the molecule is OCCOc1ccc(CN2CCC[C@H](c3ncncc3-c3ccccc3Cl)C2)cc1. The number of halogens is 1. The molecule has 0 amide bonds. The van der Waals surface area contributed by atoms with Crippen molar-refractivity contribution in [3.63, 3.8) is 0 Å². The third kappa shape index (κ3) is 4.98. The minimum Gasteiger partial charge on any atom is -0.491 e. The fourth-order valence-electron chi connectivity index (χ4n) is 4.09. The molecule has 1 aromatic heterocycles. The number of nitrogens with zero attached hydrogens (tertiary/aromatic N) is 3. The summed E-state index contributed by atoms with van der Waals surface area (Å²) in [5.74, 6) is 1.13. The quantitative estimate of drug-likeness (QED) is 0.604. The van der Waals surface area contributed by atoms with Crippen LogP contribution in [0.3, 0.4) is 0 Å². The summed E-state index contributed by atoms with van der Waals surface area (Å²) in [6, 6.07) is 16.0. The molecule has 0 unspecified atom stereocenters. The zero-order valence-electron chi connectivity index (χ0n) is 16.9. The highest BCUT2D eigenvalue weighted by atomic mass is 35.5. The van der Waals surface area contributed by atoms with E-state index in [2.05, 4.69) is 27.0 Å². The van der Waals surface area contributed by atoms with E-state index < -0.39 is 0 Å². The van der Waals surface area contributed by atoms with Crippen LogP contribution >= 0.6 is 11.6 Å². The van der Waals surface area contributed by atoms with Crippen LogP contribution in [0.1, 0.15) is 30.0 Å². The van der Waals surface area contributed by atoms with E-state index in [1.807, 2.05) is 42.6 Å². The average molecular weight is 424 g/mol. The van der Waals surface area contributed by atoms with Crippen molar-refractivity contribution in [3.8, 4) is 16.9 Å². The van der Waals surface area contributed by atoms with Crippen molar-refractivity contribution < 1.29 is 9.84 Å². The van der Waals surface area contributed by atoms with Gasteiger partial charge in [0, 0.05) is 41.4 Å². The van der Waals surface area contributed by atoms with Crippen LogP contribution in [-0.2, 0) is 6.54 Å². The Labute approximate surface area is 182 Å². The maximum atomic E-state index is 8.88. The molecule has 1 fully saturated rings. The molecular formula is C24H26ClN3O2. The van der Waals surface area contributed by atoms with E-state index in [1.54, 1.807) is 6.33 Å². The van der Waals surface area contributed by atoms with Crippen LogP contribution in [0.15, 0.2) is 61.1 Å². The summed E-state index contributed by atoms with van der Waals surface area (Å²) < 4.78 is 5.45. The Morgan fingerprint density at radius 1 is 1.10 bits per heavy atom. The van der Waals surface area contributed by atoms with E-state index in [0.29, 0.717) is 12.5 Å². The second-order valence-corrected chi connectivity index (χ2v) is 8.00. The molecule has 5 nitrogen and oxygen atoms in total. The number of aliphatic hydroxyl groups excluding tert-OH is 1. The van der Waals surface area contributed by atoms with E-state index in [0.717, 1.165) is 60.1 Å². The summed E-state index contributed by atoms with van der Waals surface area (Å²) in [6.07, 6.45) is 5.76. The number of rotatable bonds is 7. The van der Waals surface area contributed by atoms with Gasteiger partial charge in [0.15, 0.2) is 0 Å². The van der Waals surface area contributed by atoms with E-state index in [9.17, 15) is 0 Å². The Morgan fingerprint density at radius 2 is 1.93 bits per heavy atom. The standard InChI is InChI=1S/C24H26ClN3O2/c25-23-6-2-1-5-21(23)22-14-26-17-27-24(22)19-4-3-11-28(16-19)15-18-7-9-20(10-8-18)30-13-12-29/h1-2,5-10,14,17,19,29H,3-4,11-13,15-16H2/t19-/m0/s1. The van der Waals surface area contributed by atoms with Gasteiger partial charge in [-0.05, 0) is 43.1 Å². The Kier molecular flexibility index (Phi) is 6.95. The van der Waals surface area contributed by atoms with Crippen molar-refractivity contribution in [2.75, 3.05) is 26.3 Å². The van der Waals surface area contributed by atoms with Crippen LogP contribution in [0.2, 0.25) is 5.02 Å². The fourth-order valence-corrected chi connectivity index (χ4v) is 4.32. The largest absolute Gasteiger partial charge is 0.491 e. The van der Waals surface area contributed by atoms with Gasteiger partial charge in [0.25, 0.3) is 0 Å². The fraction of sp³-hybridized carbons (Fsp3) is 0.333. The van der Waals surface area contributed by atoms with Crippen molar-refractivity contribution >= 4 is 11.6 Å². The van der Waals surface area contributed by atoms with Gasteiger partial charge in [0.05, 0.1) is 12.3 Å². The smallest absolute Gasteiger partial charge is 0.119 e. The van der Waals surface area contributed by atoms with Crippen LogP contribution < -0.4 is 4.74 Å². The molecule has 0 spiro atoms. The third-order valence-corrected chi connectivity index (χ3v) is 5.82. The third-order valence-electron chi connectivity index (χ3n) is 5.49. The summed E-state index contributed by atoms with van der Waals surface area (Å²) in [7, 11) is 0. The van der Waals surface area contributed by atoms with Crippen molar-refractivity contribution in [2.24, 2.45) is 0 Å². The number of hydrogen-bond acceptors (Lipinski definition) is 5. The normalized spacial score (nSPS) is 17.1. The van der Waals surface area contributed by atoms with Gasteiger partial charge in [-0.1, -0.05) is 41.9 Å². The maximum absolute atomic E-state index is 8.88. The molecule has 4 rings (SSSR count). The predicted octanol–water partition coefficient (Wildman–Crippen LogP) is 4.55. The van der Waals surface area contributed by atoms with Gasteiger partial charge in [0.1, 0.15) is 18.7 Å². The lowest BCUT2D eigenvalue weighted by atomic mass is 9.89. The van der Waals surface area contributed by atoms with Gasteiger partial charge in [0.2, 0.25) is 0 Å². The van der Waals surface area contributed by atoms with Gasteiger partial charge in [-0.25, -0.2) is 9.97 Å². The molecule has 1 aliphatic rings. The highest BCUT2D eigenvalue weighted by molar-refractivity contribution is 6.33. The van der Waals surface area contributed by atoms with Gasteiger partial charge >= 0.3 is 0 Å². The van der Waals surface area contributed by atoms with Crippen LogP contribution in [0.25, 0.3) is 11.1 Å². The number of benzene rings is 2. The maximum Gasteiger partial charge on any atom is 0.119 e. The molecule has 0 radical (unpaired) electrons. The Bertz CT molecular complexity index is 965. The summed E-state index contributed by atoms with van der Waals surface area (Å²) in [6.45, 7) is 3.27.